The van der Waals surface area contributed by atoms with Crippen molar-refractivity contribution in [1.82, 2.24) is 20.4 Å². The van der Waals surface area contributed by atoms with Crippen molar-refractivity contribution in [3.8, 4) is 6.07 Å². The molecule has 2 saturated heterocycles. The molecule has 9 nitrogen and oxygen atoms in total. The van der Waals surface area contributed by atoms with E-state index in [0.717, 1.165) is 25.2 Å². The first-order valence-electron chi connectivity index (χ1n) is 9.57. The normalized spacial score (nSPS) is 22.0. The van der Waals surface area contributed by atoms with Crippen LogP contribution in [0.25, 0.3) is 0 Å². The summed E-state index contributed by atoms with van der Waals surface area (Å²) in [6, 6.07) is 8.55. The Morgan fingerprint density at radius 1 is 1.10 bits per heavy atom. The molecule has 1 unspecified atom stereocenters. The zero-order valence-electron chi connectivity index (χ0n) is 16.1. The molecule has 0 aromatic heterocycles. The quantitative estimate of drug-likeness (QED) is 0.671. The number of sulfone groups is 1. The van der Waals surface area contributed by atoms with Gasteiger partial charge in [0.2, 0.25) is 5.91 Å². The van der Waals surface area contributed by atoms with Crippen LogP contribution in [-0.2, 0) is 21.2 Å². The Hall–Kier alpha value is -2.48. The molecule has 3 rings (SSSR count). The molecule has 156 valence electrons. The van der Waals surface area contributed by atoms with Gasteiger partial charge in [-0.05, 0) is 24.1 Å². The molecule has 2 aliphatic rings. The lowest BCUT2D eigenvalue weighted by Crippen LogP contribution is -2.51. The van der Waals surface area contributed by atoms with E-state index in [4.69, 9.17) is 5.26 Å². The summed E-state index contributed by atoms with van der Waals surface area (Å²) in [5.41, 5.74) is 1.78. The van der Waals surface area contributed by atoms with Crippen LogP contribution in [0.4, 0.5) is 4.79 Å². The lowest BCUT2D eigenvalue weighted by Gasteiger charge is -2.34. The van der Waals surface area contributed by atoms with Gasteiger partial charge in [0.05, 0.1) is 29.7 Å². The molecule has 2 aliphatic heterocycles. The number of hydrogen-bond acceptors (Lipinski definition) is 7. The van der Waals surface area contributed by atoms with Gasteiger partial charge in [-0.2, -0.15) is 5.26 Å². The highest BCUT2D eigenvalue weighted by Crippen LogP contribution is 2.11. The minimum Gasteiger partial charge on any atom is -0.334 e. The number of amides is 3. The lowest BCUT2D eigenvalue weighted by molar-refractivity contribution is -0.121. The summed E-state index contributed by atoms with van der Waals surface area (Å²) in [5, 5.41) is 13.7. The van der Waals surface area contributed by atoms with Gasteiger partial charge in [0.25, 0.3) is 0 Å². The van der Waals surface area contributed by atoms with E-state index in [1.54, 1.807) is 0 Å². The van der Waals surface area contributed by atoms with E-state index in [9.17, 15) is 18.0 Å². The smallest absolute Gasteiger partial charge is 0.321 e. The first-order valence-corrected chi connectivity index (χ1v) is 11.4. The average Bonchev–Trinajstić information content (AvgIpc) is 3.02. The van der Waals surface area contributed by atoms with Gasteiger partial charge in [-0.1, -0.05) is 12.1 Å². The molecular weight excluding hydrogens is 394 g/mol. The van der Waals surface area contributed by atoms with Gasteiger partial charge >= 0.3 is 6.03 Å². The van der Waals surface area contributed by atoms with Gasteiger partial charge in [-0.15, -0.1) is 0 Å². The van der Waals surface area contributed by atoms with E-state index in [2.05, 4.69) is 21.6 Å². The van der Waals surface area contributed by atoms with Crippen molar-refractivity contribution in [2.24, 2.45) is 0 Å². The van der Waals surface area contributed by atoms with Crippen molar-refractivity contribution in [3.63, 3.8) is 0 Å². The average molecular weight is 420 g/mol. The van der Waals surface area contributed by atoms with Crippen LogP contribution in [0.2, 0.25) is 0 Å². The second-order valence-corrected chi connectivity index (χ2v) is 9.71. The molecule has 2 fully saturated rings. The molecule has 0 spiro atoms. The van der Waals surface area contributed by atoms with Crippen molar-refractivity contribution in [3.05, 3.63) is 35.4 Å². The third-order valence-electron chi connectivity index (χ3n) is 5.14. The molecule has 2 heterocycles. The predicted octanol–water partition coefficient (Wildman–Crippen LogP) is -0.311. The molecule has 0 bridgehead atoms. The van der Waals surface area contributed by atoms with Gasteiger partial charge in [0, 0.05) is 38.8 Å². The SMILES string of the molecule is N#Cc1ccc(CN2CCN(CC(=O)NC(=O)NC3CCS(=O)(=O)C3)CC2)cc1. The van der Waals surface area contributed by atoms with Gasteiger partial charge in [-0.25, -0.2) is 13.2 Å². The minimum atomic E-state index is -3.08. The van der Waals surface area contributed by atoms with E-state index in [1.807, 2.05) is 29.2 Å². The fourth-order valence-electron chi connectivity index (χ4n) is 3.55. The first-order chi connectivity index (χ1) is 13.8. The number of benzene rings is 1. The molecule has 0 aliphatic carbocycles. The maximum absolute atomic E-state index is 12.1. The molecule has 1 atom stereocenters. The molecule has 2 N–H and O–H groups in total. The maximum atomic E-state index is 12.1. The summed E-state index contributed by atoms with van der Waals surface area (Å²) < 4.78 is 22.8. The summed E-state index contributed by atoms with van der Waals surface area (Å²) in [4.78, 5) is 28.2. The van der Waals surface area contributed by atoms with Crippen molar-refractivity contribution < 1.29 is 18.0 Å². The van der Waals surface area contributed by atoms with E-state index in [0.29, 0.717) is 25.1 Å². The minimum absolute atomic E-state index is 0.0681. The fraction of sp³-hybridized carbons (Fsp3) is 0.526. The fourth-order valence-corrected chi connectivity index (χ4v) is 5.22. The number of nitriles is 1. The monoisotopic (exact) mass is 419 g/mol. The van der Waals surface area contributed by atoms with Crippen molar-refractivity contribution in [1.29, 1.82) is 5.26 Å². The van der Waals surface area contributed by atoms with Crippen molar-refractivity contribution in [2.75, 3.05) is 44.2 Å². The molecule has 1 aromatic carbocycles. The highest BCUT2D eigenvalue weighted by atomic mass is 32.2. The number of rotatable bonds is 5. The number of nitrogens with one attached hydrogen (secondary N) is 2. The molecule has 10 heteroatoms. The van der Waals surface area contributed by atoms with Crippen LogP contribution in [0.15, 0.2) is 24.3 Å². The van der Waals surface area contributed by atoms with Gasteiger partial charge in [0.15, 0.2) is 9.84 Å². The van der Waals surface area contributed by atoms with Crippen LogP contribution >= 0.6 is 0 Å². The molecule has 3 amide bonds. The Morgan fingerprint density at radius 3 is 2.34 bits per heavy atom. The number of imide groups is 1. The Labute approximate surface area is 170 Å². The largest absolute Gasteiger partial charge is 0.334 e. The Balaban J connectivity index is 1.36. The zero-order valence-corrected chi connectivity index (χ0v) is 17.0. The number of piperazine rings is 1. The molecule has 29 heavy (non-hydrogen) atoms. The van der Waals surface area contributed by atoms with Crippen molar-refractivity contribution in [2.45, 2.75) is 19.0 Å². The van der Waals surface area contributed by atoms with Gasteiger partial charge in [0.1, 0.15) is 0 Å². The van der Waals surface area contributed by atoms with Gasteiger partial charge < -0.3 is 5.32 Å². The summed E-state index contributed by atoms with van der Waals surface area (Å²) in [6.07, 6.45) is 0.380. The van der Waals surface area contributed by atoms with Crippen LogP contribution in [-0.4, -0.2) is 80.4 Å². The predicted molar refractivity (Wildman–Crippen MR) is 107 cm³/mol. The van der Waals surface area contributed by atoms with Gasteiger partial charge in [-0.3, -0.25) is 19.9 Å². The van der Waals surface area contributed by atoms with E-state index < -0.39 is 27.8 Å². The summed E-state index contributed by atoms with van der Waals surface area (Å²) in [7, 11) is -3.08. The number of carbonyl (C=O) groups is 2. The van der Waals surface area contributed by atoms with Crippen LogP contribution in [0.5, 0.6) is 0 Å². The van der Waals surface area contributed by atoms with E-state index >= 15 is 0 Å². The number of urea groups is 1. The zero-order chi connectivity index (χ0) is 20.9. The summed E-state index contributed by atoms with van der Waals surface area (Å²) in [6.45, 7) is 3.96. The number of hydrogen-bond donors (Lipinski definition) is 2. The van der Waals surface area contributed by atoms with Crippen LogP contribution in [0.1, 0.15) is 17.5 Å². The molecule has 0 saturated carbocycles. The first kappa shape index (κ1) is 21.2. The lowest BCUT2D eigenvalue weighted by atomic mass is 10.1. The molecule has 1 aromatic rings. The number of carbonyl (C=O) groups excluding carboxylic acids is 2. The Morgan fingerprint density at radius 2 is 1.76 bits per heavy atom. The summed E-state index contributed by atoms with van der Waals surface area (Å²) in [5.74, 6) is -0.405. The number of nitrogens with zero attached hydrogens (tertiary/aromatic N) is 3. The van der Waals surface area contributed by atoms with Crippen LogP contribution in [0.3, 0.4) is 0 Å². The standard InChI is InChI=1S/C19H25N5O4S/c20-11-15-1-3-16(4-2-15)12-23-6-8-24(9-7-23)13-18(25)22-19(26)21-17-5-10-29(27,28)14-17/h1-4,17H,5-10,12-14H2,(H2,21,22,25,26). The van der Waals surface area contributed by atoms with E-state index in [1.165, 1.54) is 0 Å². The van der Waals surface area contributed by atoms with Crippen molar-refractivity contribution >= 4 is 21.8 Å². The highest BCUT2D eigenvalue weighted by Gasteiger charge is 2.29. The Kier molecular flexibility index (Phi) is 6.84. The maximum Gasteiger partial charge on any atom is 0.321 e. The topological polar surface area (TPSA) is 123 Å². The van der Waals surface area contributed by atoms with E-state index in [-0.39, 0.29) is 18.1 Å². The van der Waals surface area contributed by atoms with Crippen LogP contribution in [0, 0.1) is 11.3 Å². The second-order valence-electron chi connectivity index (χ2n) is 7.48. The third-order valence-corrected chi connectivity index (χ3v) is 6.91. The molecular formula is C19H25N5O4S. The summed E-state index contributed by atoms with van der Waals surface area (Å²) >= 11 is 0. The van der Waals surface area contributed by atoms with Crippen LogP contribution < -0.4 is 10.6 Å². The third kappa shape index (κ3) is 6.52. The highest BCUT2D eigenvalue weighted by molar-refractivity contribution is 7.91. The second kappa shape index (κ2) is 9.35. The molecule has 0 radical (unpaired) electrons. The Bertz CT molecular complexity index is 886.